The van der Waals surface area contributed by atoms with Gasteiger partial charge in [-0.15, -0.1) is 0 Å². The Morgan fingerprint density at radius 2 is 1.69 bits per heavy atom. The highest BCUT2D eigenvalue weighted by Crippen LogP contribution is 2.23. The third-order valence-corrected chi connectivity index (χ3v) is 4.65. The van der Waals surface area contributed by atoms with Crippen LogP contribution in [0.2, 0.25) is 0 Å². The van der Waals surface area contributed by atoms with Crippen LogP contribution in [-0.2, 0) is 4.74 Å². The Kier molecular flexibility index (Phi) is 6.27. The van der Waals surface area contributed by atoms with Gasteiger partial charge in [-0.2, -0.15) is 5.10 Å². The molecule has 0 aliphatic heterocycles. The molecule has 0 saturated heterocycles. The van der Waals surface area contributed by atoms with E-state index in [1.807, 2.05) is 30.3 Å². The number of para-hydroxylation sites is 2. The van der Waals surface area contributed by atoms with E-state index in [9.17, 15) is 9.59 Å². The molecular weight excluding hydrogens is 406 g/mol. The molecule has 0 radical (unpaired) electrons. The lowest BCUT2D eigenvalue weighted by Crippen LogP contribution is -2.12. The Morgan fingerprint density at radius 3 is 2.44 bits per heavy atom. The molecule has 160 valence electrons. The van der Waals surface area contributed by atoms with Crippen LogP contribution in [0, 0.1) is 0 Å². The van der Waals surface area contributed by atoms with E-state index in [2.05, 4.69) is 15.8 Å². The number of fused-ring (bicyclic) bond motifs is 1. The highest BCUT2D eigenvalue weighted by molar-refractivity contribution is 5.93. The first kappa shape index (κ1) is 20.9. The minimum atomic E-state index is -0.393. The summed E-state index contributed by atoms with van der Waals surface area (Å²) in [5.74, 6) is -0.146. The third kappa shape index (κ3) is 4.67. The van der Waals surface area contributed by atoms with Gasteiger partial charge in [0.15, 0.2) is 0 Å². The van der Waals surface area contributed by atoms with E-state index in [1.165, 1.54) is 6.21 Å². The number of nitrogens with one attached hydrogen (secondary N) is 2. The van der Waals surface area contributed by atoms with Crippen molar-refractivity contribution in [2.24, 2.45) is 5.10 Å². The second-order valence-electron chi connectivity index (χ2n) is 6.83. The van der Waals surface area contributed by atoms with Crippen LogP contribution in [0.1, 0.15) is 22.8 Å². The van der Waals surface area contributed by atoms with Crippen LogP contribution in [0.5, 0.6) is 0 Å². The molecule has 0 amide bonds. The van der Waals surface area contributed by atoms with E-state index >= 15 is 0 Å². The first-order chi connectivity index (χ1) is 15.7. The number of carbonyl (C=O) groups excluding carboxylic acids is 1. The molecule has 0 aliphatic rings. The van der Waals surface area contributed by atoms with Gasteiger partial charge in [-0.1, -0.05) is 30.3 Å². The van der Waals surface area contributed by atoms with Crippen molar-refractivity contribution in [1.82, 2.24) is 0 Å². The fourth-order valence-electron chi connectivity index (χ4n) is 3.09. The Labute approximate surface area is 184 Å². The van der Waals surface area contributed by atoms with Gasteiger partial charge in [-0.3, -0.25) is 10.2 Å². The number of anilines is 3. The maximum Gasteiger partial charge on any atom is 0.338 e. The lowest BCUT2D eigenvalue weighted by molar-refractivity contribution is 0.0526. The van der Waals surface area contributed by atoms with Crippen molar-refractivity contribution in [3.05, 3.63) is 100 Å². The van der Waals surface area contributed by atoms with Gasteiger partial charge in [0, 0.05) is 5.69 Å². The Morgan fingerprint density at radius 1 is 0.969 bits per heavy atom. The predicted molar refractivity (Wildman–Crippen MR) is 126 cm³/mol. The molecule has 4 rings (SSSR count). The van der Waals surface area contributed by atoms with Gasteiger partial charge in [-0.25, -0.2) is 4.79 Å². The number of hydrazone groups is 1. The molecule has 7 nitrogen and oxygen atoms in total. The van der Waals surface area contributed by atoms with Crippen LogP contribution >= 0.6 is 0 Å². The van der Waals surface area contributed by atoms with E-state index in [0.717, 1.165) is 5.69 Å². The molecule has 1 heterocycles. The topological polar surface area (TPSA) is 92.9 Å². The first-order valence-corrected chi connectivity index (χ1v) is 10.1. The van der Waals surface area contributed by atoms with Crippen LogP contribution in [-0.4, -0.2) is 18.8 Å². The minimum Gasteiger partial charge on any atom is -0.462 e. The SMILES string of the molecule is CCOC(=O)c1ccc(Nc2oc3ccccc3c(=O)c2C=NNc2ccccc2)cc1. The standard InChI is InChI=1S/C25H21N3O4/c1-2-31-25(30)17-12-14-18(15-13-17)27-24-21(16-26-28-19-8-4-3-5-9-19)23(29)20-10-6-7-11-22(20)32-24/h3-16,27-28H,2H2,1H3. The van der Waals surface area contributed by atoms with Crippen LogP contribution in [0.3, 0.4) is 0 Å². The summed E-state index contributed by atoms with van der Waals surface area (Å²) in [5.41, 5.74) is 5.28. The molecule has 4 aromatic rings. The monoisotopic (exact) mass is 427 g/mol. The number of nitrogens with zero attached hydrogens (tertiary/aromatic N) is 1. The van der Waals surface area contributed by atoms with Gasteiger partial charge in [0.05, 0.1) is 29.5 Å². The van der Waals surface area contributed by atoms with Crippen LogP contribution in [0.4, 0.5) is 17.3 Å². The highest BCUT2D eigenvalue weighted by atomic mass is 16.5. The van der Waals surface area contributed by atoms with Crippen molar-refractivity contribution >= 4 is 40.4 Å². The molecule has 2 N–H and O–H groups in total. The molecule has 0 spiro atoms. The van der Waals surface area contributed by atoms with Crippen molar-refractivity contribution < 1.29 is 13.9 Å². The lowest BCUT2D eigenvalue weighted by Gasteiger charge is -2.10. The molecule has 1 aromatic heterocycles. The number of esters is 1. The maximum absolute atomic E-state index is 13.1. The quantitative estimate of drug-likeness (QED) is 0.240. The van der Waals surface area contributed by atoms with Crippen molar-refractivity contribution in [3.8, 4) is 0 Å². The smallest absolute Gasteiger partial charge is 0.338 e. The molecule has 7 heteroatoms. The van der Waals surface area contributed by atoms with E-state index in [-0.39, 0.29) is 16.9 Å². The van der Waals surface area contributed by atoms with Gasteiger partial charge in [0.1, 0.15) is 11.1 Å². The average Bonchev–Trinajstić information content (AvgIpc) is 2.82. The van der Waals surface area contributed by atoms with E-state index in [4.69, 9.17) is 9.15 Å². The molecule has 0 bridgehead atoms. The normalized spacial score (nSPS) is 10.9. The number of rotatable bonds is 7. The van der Waals surface area contributed by atoms with Crippen molar-refractivity contribution in [3.63, 3.8) is 0 Å². The molecule has 0 saturated carbocycles. The van der Waals surface area contributed by atoms with Gasteiger partial charge in [-0.05, 0) is 55.5 Å². The number of carbonyl (C=O) groups is 1. The summed E-state index contributed by atoms with van der Waals surface area (Å²) < 4.78 is 11.0. The number of hydrogen-bond donors (Lipinski definition) is 2. The summed E-state index contributed by atoms with van der Waals surface area (Å²) in [6, 6.07) is 23.1. The lowest BCUT2D eigenvalue weighted by atomic mass is 10.1. The summed E-state index contributed by atoms with van der Waals surface area (Å²) in [4.78, 5) is 25.0. The maximum atomic E-state index is 13.1. The van der Waals surface area contributed by atoms with Crippen LogP contribution in [0.25, 0.3) is 11.0 Å². The molecule has 0 unspecified atom stereocenters. The summed E-state index contributed by atoms with van der Waals surface area (Å²) in [5, 5.41) is 7.77. The van der Waals surface area contributed by atoms with E-state index < -0.39 is 5.97 Å². The summed E-state index contributed by atoms with van der Waals surface area (Å²) >= 11 is 0. The van der Waals surface area contributed by atoms with Gasteiger partial charge in [0.25, 0.3) is 0 Å². The zero-order chi connectivity index (χ0) is 22.3. The fraction of sp³-hybridized carbons (Fsp3) is 0.0800. The fourth-order valence-corrected chi connectivity index (χ4v) is 3.09. The van der Waals surface area contributed by atoms with Gasteiger partial charge >= 0.3 is 5.97 Å². The number of ether oxygens (including phenoxy) is 1. The summed E-state index contributed by atoms with van der Waals surface area (Å²) in [6.07, 6.45) is 1.43. The second-order valence-corrected chi connectivity index (χ2v) is 6.83. The third-order valence-electron chi connectivity index (χ3n) is 4.65. The Bertz CT molecular complexity index is 1310. The summed E-state index contributed by atoms with van der Waals surface area (Å²) in [6.45, 7) is 2.06. The molecule has 32 heavy (non-hydrogen) atoms. The van der Waals surface area contributed by atoms with Crippen LogP contribution in [0.15, 0.2) is 93.2 Å². The molecular formula is C25H21N3O4. The molecule has 0 atom stereocenters. The largest absolute Gasteiger partial charge is 0.462 e. The van der Waals surface area contributed by atoms with Crippen LogP contribution < -0.4 is 16.2 Å². The zero-order valence-electron chi connectivity index (χ0n) is 17.4. The number of hydrogen-bond acceptors (Lipinski definition) is 7. The van der Waals surface area contributed by atoms with Crippen molar-refractivity contribution in [2.45, 2.75) is 6.92 Å². The van der Waals surface area contributed by atoms with Gasteiger partial charge in [0.2, 0.25) is 11.3 Å². The Hall–Kier alpha value is -4.39. The van der Waals surface area contributed by atoms with Crippen molar-refractivity contribution in [1.29, 1.82) is 0 Å². The minimum absolute atomic E-state index is 0.212. The highest BCUT2D eigenvalue weighted by Gasteiger charge is 2.14. The molecule has 0 aliphatic carbocycles. The predicted octanol–water partition coefficient (Wildman–Crippen LogP) is 5.16. The van der Waals surface area contributed by atoms with Gasteiger partial charge < -0.3 is 14.5 Å². The zero-order valence-corrected chi connectivity index (χ0v) is 17.4. The molecule has 3 aromatic carbocycles. The average molecular weight is 427 g/mol. The van der Waals surface area contributed by atoms with Crippen molar-refractivity contribution in [2.75, 3.05) is 17.3 Å². The second kappa shape index (κ2) is 9.61. The first-order valence-electron chi connectivity index (χ1n) is 10.1. The van der Waals surface area contributed by atoms with E-state index in [0.29, 0.717) is 28.8 Å². The Balaban J connectivity index is 1.67. The van der Waals surface area contributed by atoms with E-state index in [1.54, 1.807) is 55.5 Å². The number of benzene rings is 3. The molecule has 0 fully saturated rings. The summed E-state index contributed by atoms with van der Waals surface area (Å²) in [7, 11) is 0.